The van der Waals surface area contributed by atoms with Gasteiger partial charge in [0.15, 0.2) is 0 Å². The van der Waals surface area contributed by atoms with Gasteiger partial charge in [0.25, 0.3) is 0 Å². The Hall–Kier alpha value is -1.55. The standard InChI is InChI=1S/C12H18N2O2/c1-7(2)11(13)12(16)14-9-4-5-10(15)8(3)6-9/h4-7,11,15H,13H2,1-3H3,(H,14,16)/t11-/m1/s1. The van der Waals surface area contributed by atoms with Gasteiger partial charge in [-0.15, -0.1) is 0 Å². The summed E-state index contributed by atoms with van der Waals surface area (Å²) in [5.41, 5.74) is 7.08. The molecule has 0 aromatic heterocycles. The lowest BCUT2D eigenvalue weighted by Gasteiger charge is -2.15. The van der Waals surface area contributed by atoms with Crippen LogP contribution in [0.15, 0.2) is 18.2 Å². The average molecular weight is 222 g/mol. The van der Waals surface area contributed by atoms with Crippen LogP contribution in [0.25, 0.3) is 0 Å². The molecule has 1 aromatic carbocycles. The zero-order chi connectivity index (χ0) is 12.3. The minimum atomic E-state index is -0.519. The summed E-state index contributed by atoms with van der Waals surface area (Å²) in [6.07, 6.45) is 0. The summed E-state index contributed by atoms with van der Waals surface area (Å²) in [5, 5.41) is 12.1. The highest BCUT2D eigenvalue weighted by Crippen LogP contribution is 2.20. The van der Waals surface area contributed by atoms with Crippen molar-refractivity contribution in [3.05, 3.63) is 23.8 Å². The van der Waals surface area contributed by atoms with Crippen LogP contribution in [0.4, 0.5) is 5.69 Å². The number of nitrogens with one attached hydrogen (secondary N) is 1. The number of aryl methyl sites for hydroxylation is 1. The van der Waals surface area contributed by atoms with E-state index in [1.165, 1.54) is 0 Å². The molecule has 0 bridgehead atoms. The predicted octanol–water partition coefficient (Wildman–Crippen LogP) is 1.62. The molecule has 1 amide bonds. The van der Waals surface area contributed by atoms with Crippen LogP contribution in [0.1, 0.15) is 19.4 Å². The van der Waals surface area contributed by atoms with Crippen molar-refractivity contribution in [1.82, 2.24) is 0 Å². The zero-order valence-electron chi connectivity index (χ0n) is 9.82. The lowest BCUT2D eigenvalue weighted by atomic mass is 10.0. The number of aromatic hydroxyl groups is 1. The summed E-state index contributed by atoms with van der Waals surface area (Å²) in [6, 6.07) is 4.38. The Morgan fingerprint density at radius 2 is 2.06 bits per heavy atom. The van der Waals surface area contributed by atoms with Gasteiger partial charge in [0.1, 0.15) is 5.75 Å². The number of nitrogens with two attached hydrogens (primary N) is 1. The number of rotatable bonds is 3. The quantitative estimate of drug-likeness (QED) is 0.680. The fourth-order valence-electron chi connectivity index (χ4n) is 1.26. The van der Waals surface area contributed by atoms with Crippen LogP contribution in [0, 0.1) is 12.8 Å². The molecule has 4 heteroatoms. The highest BCUT2D eigenvalue weighted by molar-refractivity contribution is 5.94. The minimum Gasteiger partial charge on any atom is -0.508 e. The largest absolute Gasteiger partial charge is 0.508 e. The van der Waals surface area contributed by atoms with Gasteiger partial charge in [-0.3, -0.25) is 4.79 Å². The molecule has 1 atom stereocenters. The van der Waals surface area contributed by atoms with E-state index in [4.69, 9.17) is 5.73 Å². The number of phenolic OH excluding ortho intramolecular Hbond substituents is 1. The topological polar surface area (TPSA) is 75.4 Å². The van der Waals surface area contributed by atoms with E-state index in [0.29, 0.717) is 5.69 Å². The fraction of sp³-hybridized carbons (Fsp3) is 0.417. The number of carbonyl (C=O) groups excluding carboxylic acids is 1. The van der Waals surface area contributed by atoms with Gasteiger partial charge in [0.05, 0.1) is 6.04 Å². The Bertz CT molecular complexity index is 389. The van der Waals surface area contributed by atoms with Crippen LogP contribution >= 0.6 is 0 Å². The molecule has 16 heavy (non-hydrogen) atoms. The third-order valence-electron chi connectivity index (χ3n) is 2.49. The van der Waals surface area contributed by atoms with Gasteiger partial charge in [-0.1, -0.05) is 13.8 Å². The van der Waals surface area contributed by atoms with Gasteiger partial charge < -0.3 is 16.2 Å². The Morgan fingerprint density at radius 3 is 2.56 bits per heavy atom. The normalized spacial score (nSPS) is 12.6. The lowest BCUT2D eigenvalue weighted by Crippen LogP contribution is -2.39. The summed E-state index contributed by atoms with van der Waals surface area (Å²) < 4.78 is 0. The Morgan fingerprint density at radius 1 is 1.44 bits per heavy atom. The van der Waals surface area contributed by atoms with Crippen molar-refractivity contribution < 1.29 is 9.90 Å². The first-order valence-electron chi connectivity index (χ1n) is 5.28. The molecular weight excluding hydrogens is 204 g/mol. The van der Waals surface area contributed by atoms with E-state index in [9.17, 15) is 9.90 Å². The summed E-state index contributed by atoms with van der Waals surface area (Å²) in [7, 11) is 0. The van der Waals surface area contributed by atoms with Crippen molar-refractivity contribution >= 4 is 11.6 Å². The third kappa shape index (κ3) is 2.97. The molecule has 1 aromatic rings. The number of anilines is 1. The molecule has 0 saturated carbocycles. The van der Waals surface area contributed by atoms with Crippen LogP contribution in [-0.4, -0.2) is 17.1 Å². The molecule has 4 nitrogen and oxygen atoms in total. The molecule has 0 fully saturated rings. The van der Waals surface area contributed by atoms with Gasteiger partial charge in [-0.05, 0) is 36.6 Å². The van der Waals surface area contributed by atoms with Crippen molar-refractivity contribution in [3.8, 4) is 5.75 Å². The number of amides is 1. The summed E-state index contributed by atoms with van der Waals surface area (Å²) in [4.78, 5) is 11.7. The van der Waals surface area contributed by atoms with E-state index in [1.54, 1.807) is 25.1 Å². The Kier molecular flexibility index (Phi) is 3.90. The fourth-order valence-corrected chi connectivity index (χ4v) is 1.26. The maximum absolute atomic E-state index is 11.7. The van der Waals surface area contributed by atoms with Gasteiger partial charge >= 0.3 is 0 Å². The number of hydrogen-bond acceptors (Lipinski definition) is 3. The first kappa shape index (κ1) is 12.5. The molecule has 0 aliphatic carbocycles. The maximum atomic E-state index is 11.7. The Labute approximate surface area is 95.5 Å². The van der Waals surface area contributed by atoms with Gasteiger partial charge in [-0.25, -0.2) is 0 Å². The van der Waals surface area contributed by atoms with Crippen LogP contribution < -0.4 is 11.1 Å². The Balaban J connectivity index is 2.74. The second-order valence-corrected chi connectivity index (χ2v) is 4.26. The van der Waals surface area contributed by atoms with Gasteiger partial charge in [0, 0.05) is 5.69 Å². The maximum Gasteiger partial charge on any atom is 0.241 e. The van der Waals surface area contributed by atoms with Crippen molar-refractivity contribution in [2.45, 2.75) is 26.8 Å². The third-order valence-corrected chi connectivity index (χ3v) is 2.49. The number of carbonyl (C=O) groups is 1. The van der Waals surface area contributed by atoms with E-state index in [-0.39, 0.29) is 17.6 Å². The average Bonchev–Trinajstić information content (AvgIpc) is 2.22. The molecular formula is C12H18N2O2. The van der Waals surface area contributed by atoms with Crippen molar-refractivity contribution in [2.75, 3.05) is 5.32 Å². The van der Waals surface area contributed by atoms with E-state index in [2.05, 4.69) is 5.32 Å². The first-order valence-corrected chi connectivity index (χ1v) is 5.28. The smallest absolute Gasteiger partial charge is 0.241 e. The molecule has 0 saturated heterocycles. The molecule has 0 heterocycles. The van der Waals surface area contributed by atoms with Crippen LogP contribution in [0.5, 0.6) is 5.75 Å². The van der Waals surface area contributed by atoms with Crippen LogP contribution in [0.2, 0.25) is 0 Å². The zero-order valence-corrected chi connectivity index (χ0v) is 9.82. The molecule has 4 N–H and O–H groups in total. The highest BCUT2D eigenvalue weighted by atomic mass is 16.3. The first-order chi connectivity index (χ1) is 7.41. The number of benzene rings is 1. The SMILES string of the molecule is Cc1cc(NC(=O)[C@H](N)C(C)C)ccc1O. The van der Waals surface area contributed by atoms with Crippen LogP contribution in [-0.2, 0) is 4.79 Å². The molecule has 1 rings (SSSR count). The van der Waals surface area contributed by atoms with Crippen LogP contribution in [0.3, 0.4) is 0 Å². The number of hydrogen-bond donors (Lipinski definition) is 3. The minimum absolute atomic E-state index is 0.0956. The molecule has 0 aliphatic heterocycles. The van der Waals surface area contributed by atoms with E-state index in [0.717, 1.165) is 5.56 Å². The predicted molar refractivity (Wildman–Crippen MR) is 64.3 cm³/mol. The van der Waals surface area contributed by atoms with Crippen molar-refractivity contribution in [3.63, 3.8) is 0 Å². The van der Waals surface area contributed by atoms with Crippen molar-refractivity contribution in [1.29, 1.82) is 0 Å². The molecule has 0 aliphatic rings. The van der Waals surface area contributed by atoms with E-state index >= 15 is 0 Å². The van der Waals surface area contributed by atoms with E-state index in [1.807, 2.05) is 13.8 Å². The van der Waals surface area contributed by atoms with E-state index < -0.39 is 6.04 Å². The monoisotopic (exact) mass is 222 g/mol. The molecule has 0 spiro atoms. The molecule has 88 valence electrons. The summed E-state index contributed by atoms with van der Waals surface area (Å²) in [6.45, 7) is 5.56. The van der Waals surface area contributed by atoms with Crippen molar-refractivity contribution in [2.24, 2.45) is 11.7 Å². The molecule has 0 radical (unpaired) electrons. The van der Waals surface area contributed by atoms with Gasteiger partial charge in [0.2, 0.25) is 5.91 Å². The second-order valence-electron chi connectivity index (χ2n) is 4.26. The lowest BCUT2D eigenvalue weighted by molar-refractivity contribution is -0.118. The van der Waals surface area contributed by atoms with Gasteiger partial charge in [-0.2, -0.15) is 0 Å². The highest BCUT2D eigenvalue weighted by Gasteiger charge is 2.17. The summed E-state index contributed by atoms with van der Waals surface area (Å²) in [5.74, 6) is 0.101. The number of phenols is 1. The molecule has 0 unspecified atom stereocenters. The summed E-state index contributed by atoms with van der Waals surface area (Å²) >= 11 is 0. The second kappa shape index (κ2) is 4.99.